The molecule has 0 radical (unpaired) electrons. The van der Waals surface area contributed by atoms with Gasteiger partial charge < -0.3 is 44.0 Å². The minimum Gasteiger partial charge on any atom is -0.780 e. The molecule has 3 aromatic carbocycles. The summed E-state index contributed by atoms with van der Waals surface area (Å²) in [6, 6.07) is 20.2. The number of benzene rings is 3. The van der Waals surface area contributed by atoms with E-state index in [1.54, 1.807) is 40.3 Å². The van der Waals surface area contributed by atoms with E-state index in [1.165, 1.54) is 41.3 Å². The molecule has 2 aliphatic rings. The maximum absolute atomic E-state index is 14.3. The van der Waals surface area contributed by atoms with Gasteiger partial charge in [0.25, 0.3) is 5.91 Å². The predicted octanol–water partition coefficient (Wildman–Crippen LogP) is -4.99. The van der Waals surface area contributed by atoms with Gasteiger partial charge in [0.15, 0.2) is 0 Å². The molecule has 5 amide bonds. The normalized spacial score (nSPS) is 17.2. The maximum Gasteiger partial charge on any atom is 1.00 e. The van der Waals surface area contributed by atoms with E-state index in [0.717, 1.165) is 5.56 Å². The molecular weight excluding hydrogens is 725 g/mol. The van der Waals surface area contributed by atoms with Gasteiger partial charge in [-0.05, 0) is 41.0 Å². The maximum atomic E-state index is 14.3. The van der Waals surface area contributed by atoms with Crippen LogP contribution in [0.5, 0.6) is 5.75 Å². The van der Waals surface area contributed by atoms with Crippen molar-refractivity contribution in [2.75, 3.05) is 39.9 Å². The van der Waals surface area contributed by atoms with Gasteiger partial charge in [-0.1, -0.05) is 60.7 Å². The van der Waals surface area contributed by atoms with Gasteiger partial charge >= 0.3 is 65.1 Å². The zero-order valence-corrected chi connectivity index (χ0v) is 34.9. The van der Waals surface area contributed by atoms with Crippen LogP contribution < -0.4 is 84.1 Å². The number of piperazine rings is 1. The van der Waals surface area contributed by atoms with Crippen LogP contribution in [0.3, 0.4) is 0 Å². The number of urea groups is 1. The number of nitrogens with one attached hydrogen (secondary N) is 2. The van der Waals surface area contributed by atoms with Crippen LogP contribution >= 0.6 is 7.82 Å². The van der Waals surface area contributed by atoms with Gasteiger partial charge in [0, 0.05) is 45.3 Å². The smallest absolute Gasteiger partial charge is 0.780 e. The van der Waals surface area contributed by atoms with Crippen molar-refractivity contribution in [2.24, 2.45) is 0 Å². The molecule has 0 aromatic heterocycles. The second-order valence-electron chi connectivity index (χ2n) is 12.0. The van der Waals surface area contributed by atoms with Crippen molar-refractivity contribution in [3.63, 3.8) is 0 Å². The first kappa shape index (κ1) is 44.3. The fourth-order valence-electron chi connectivity index (χ4n) is 6.14. The van der Waals surface area contributed by atoms with Crippen molar-refractivity contribution in [3.05, 3.63) is 114 Å². The number of phosphoric ester groups is 1. The average molecular weight is 765 g/mol. The van der Waals surface area contributed by atoms with Crippen molar-refractivity contribution >= 4 is 31.6 Å². The number of ether oxygens (including phenoxy) is 1. The van der Waals surface area contributed by atoms with Gasteiger partial charge in [0.05, 0.1) is 19.7 Å². The van der Waals surface area contributed by atoms with E-state index in [-0.39, 0.29) is 122 Å². The molecule has 2 fully saturated rings. The Morgan fingerprint density at radius 3 is 2.32 bits per heavy atom. The first-order valence-corrected chi connectivity index (χ1v) is 17.7. The van der Waals surface area contributed by atoms with Crippen molar-refractivity contribution in [2.45, 2.75) is 31.7 Å². The molecule has 2 heterocycles. The summed E-state index contributed by atoms with van der Waals surface area (Å²) in [5.74, 6) is -1.26. The molecule has 0 bridgehead atoms. The third-order valence-electron chi connectivity index (χ3n) is 8.39. The van der Waals surface area contributed by atoms with Crippen LogP contribution in [0.15, 0.2) is 91.5 Å². The fourth-order valence-corrected chi connectivity index (χ4v) is 6.52. The third kappa shape index (κ3) is 12.0. The van der Waals surface area contributed by atoms with Crippen LogP contribution in [0, 0.1) is 0 Å². The predicted molar refractivity (Wildman–Crippen MR) is 181 cm³/mol. The minimum absolute atomic E-state index is 0. The molecule has 270 valence electrons. The van der Waals surface area contributed by atoms with Crippen molar-refractivity contribution in [3.8, 4) is 5.75 Å². The number of rotatable bonds is 14. The van der Waals surface area contributed by atoms with Crippen molar-refractivity contribution < 1.29 is 102 Å². The fraction of sp³-hybridized carbons (Fsp3) is 0.314. The second-order valence-corrected chi connectivity index (χ2v) is 13.1. The van der Waals surface area contributed by atoms with Gasteiger partial charge in [-0.15, -0.1) is 6.58 Å². The Bertz CT molecular complexity index is 1780. The van der Waals surface area contributed by atoms with Crippen LogP contribution in [-0.4, -0.2) is 95.7 Å². The third-order valence-corrected chi connectivity index (χ3v) is 8.82. The number of hydrogen-bond donors (Lipinski definition) is 2. The Balaban J connectivity index is 0.00000378. The summed E-state index contributed by atoms with van der Waals surface area (Å²) in [4.78, 5) is 80.1. The molecule has 2 atom stereocenters. The number of carbonyl (C=O) groups excluding carboxylic acids is 4. The van der Waals surface area contributed by atoms with E-state index in [4.69, 9.17) is 4.74 Å². The number of methoxy groups -OCH3 is 1. The summed E-state index contributed by atoms with van der Waals surface area (Å²) >= 11 is 0. The number of hydrogen-bond acceptors (Lipinski definition) is 10. The van der Waals surface area contributed by atoms with E-state index < -0.39 is 26.1 Å². The summed E-state index contributed by atoms with van der Waals surface area (Å²) in [6.07, 6.45) is 0.673. The molecule has 0 aliphatic carbocycles. The molecule has 0 spiro atoms. The number of hydrazine groups is 1. The number of amides is 5. The van der Waals surface area contributed by atoms with E-state index in [1.807, 2.05) is 30.3 Å². The first-order valence-electron chi connectivity index (χ1n) is 16.2. The Morgan fingerprint density at radius 2 is 1.66 bits per heavy atom. The van der Waals surface area contributed by atoms with E-state index >= 15 is 0 Å². The summed E-state index contributed by atoms with van der Waals surface area (Å²) in [5, 5.41) is 8.76. The summed E-state index contributed by atoms with van der Waals surface area (Å²) in [7, 11) is -3.75. The van der Waals surface area contributed by atoms with Gasteiger partial charge in [-0.2, -0.15) is 0 Å². The Hall–Kier alpha value is -3.05. The van der Waals surface area contributed by atoms with Crippen LogP contribution in [0.4, 0.5) is 4.79 Å². The van der Waals surface area contributed by atoms with Gasteiger partial charge in [0.1, 0.15) is 25.8 Å². The van der Waals surface area contributed by atoms with Gasteiger partial charge in [0.2, 0.25) is 11.8 Å². The first-order chi connectivity index (χ1) is 24.5. The number of nitrogens with zero attached hydrogens (tertiary/aromatic N) is 4. The molecular formula is C35H39N6Na2O9P. The average Bonchev–Trinajstić information content (AvgIpc) is 3.10. The van der Waals surface area contributed by atoms with Crippen LogP contribution in [-0.2, 0) is 38.4 Å². The molecule has 15 nitrogen and oxygen atoms in total. The molecule has 2 N–H and O–H groups in total. The summed E-state index contributed by atoms with van der Waals surface area (Å²) in [5.41, 5.74) is 2.46. The van der Waals surface area contributed by atoms with Gasteiger partial charge in [-0.3, -0.25) is 14.4 Å². The monoisotopic (exact) mass is 764 g/mol. The molecule has 2 aliphatic heterocycles. The molecule has 5 rings (SSSR count). The second kappa shape index (κ2) is 20.6. The zero-order valence-electron chi connectivity index (χ0n) is 30.0. The topological polar surface area (TPSA) is 187 Å². The molecule has 53 heavy (non-hydrogen) atoms. The van der Waals surface area contributed by atoms with E-state index in [2.05, 4.69) is 21.7 Å². The van der Waals surface area contributed by atoms with E-state index in [9.17, 15) is 33.5 Å². The van der Waals surface area contributed by atoms with Crippen LogP contribution in [0.2, 0.25) is 0 Å². The quantitative estimate of drug-likeness (QED) is 0.0698. The van der Waals surface area contributed by atoms with Crippen molar-refractivity contribution in [1.29, 1.82) is 0 Å². The van der Waals surface area contributed by atoms with Crippen LogP contribution in [0.1, 0.15) is 27.0 Å². The Labute approximate surface area is 352 Å². The molecule has 3 aromatic rings. The standard InChI is InChI=1S/C35H41N6O9P.2Na/c1-3-17-39-24-32(42)40-30(20-25-12-14-29(15-13-25)50-51(46,47)48)34(44)38(22-27-10-7-11-28(19-27)33(43)36-16-18-49-2)23-31(40)41(39)35(45)37-21-26-8-5-4-6-9-26;;/h3-15,19,30-31H,1,16-18,20-24H2,2H3,(H,36,43)(H,37,45)(H2,46,47,48);;/q;2*+1/p-2/t30-,31-;;/m0../s1. The molecule has 18 heteroatoms. The Kier molecular flexibility index (Phi) is 17.2. The minimum atomic E-state index is -5.29. The number of phosphoric acid groups is 1. The largest absolute Gasteiger partial charge is 1.00 e. The number of carbonyl (C=O) groups is 4. The Morgan fingerprint density at radius 1 is 0.962 bits per heavy atom. The van der Waals surface area contributed by atoms with E-state index in [0.29, 0.717) is 29.8 Å². The molecule has 2 saturated heterocycles. The molecule has 0 unspecified atom stereocenters. The summed E-state index contributed by atoms with van der Waals surface area (Å²) < 4.78 is 20.6. The number of fused-ring (bicyclic) bond motifs is 1. The zero-order chi connectivity index (χ0) is 36.5. The van der Waals surface area contributed by atoms with Crippen LogP contribution in [0.25, 0.3) is 0 Å². The summed E-state index contributed by atoms with van der Waals surface area (Å²) in [6.45, 7) is 4.71. The molecule has 0 saturated carbocycles. The SMILES string of the molecule is C=CCN1CC(=O)N2[C@@H](Cc3ccc(OP(=O)([O-])[O-])cc3)C(=O)N(Cc3cccc(C(=O)NCCOC)c3)C[C@@H]2N1C(=O)NCc1ccccc1.[Na+].[Na+]. The van der Waals surface area contributed by atoms with Crippen molar-refractivity contribution in [1.82, 2.24) is 30.5 Å². The van der Waals surface area contributed by atoms with Gasteiger partial charge in [-0.25, -0.2) is 14.8 Å².